The van der Waals surface area contributed by atoms with E-state index in [-0.39, 0.29) is 0 Å². The Morgan fingerprint density at radius 1 is 0.857 bits per heavy atom. The number of hydrogen-bond donors (Lipinski definition) is 0. The van der Waals surface area contributed by atoms with Crippen LogP contribution in [0.15, 0.2) is 12.2 Å². The smallest absolute Gasteiger partial charge is 0.0203 e. The van der Waals surface area contributed by atoms with Crippen molar-refractivity contribution in [2.24, 2.45) is 5.41 Å². The van der Waals surface area contributed by atoms with Gasteiger partial charge >= 0.3 is 0 Å². The summed E-state index contributed by atoms with van der Waals surface area (Å²) in [6, 6.07) is 0. The minimum Gasteiger partial charge on any atom is -0.0880 e. The van der Waals surface area contributed by atoms with Gasteiger partial charge in [-0.2, -0.15) is 0 Å². The molecule has 0 aromatic heterocycles. The first-order valence-corrected chi connectivity index (χ1v) is 6.24. The molecule has 0 heterocycles. The highest BCUT2D eigenvalue weighted by Gasteiger charge is 2.02. The quantitative estimate of drug-likeness (QED) is 0.381. The number of hydrogen-bond acceptors (Lipinski definition) is 0. The van der Waals surface area contributed by atoms with E-state index >= 15 is 0 Å². The van der Waals surface area contributed by atoms with Gasteiger partial charge in [-0.1, -0.05) is 72.0 Å². The Morgan fingerprint density at radius 2 is 1.43 bits per heavy atom. The summed E-state index contributed by atoms with van der Waals surface area (Å²) in [6.45, 7) is 9.03. The molecule has 0 saturated heterocycles. The first-order chi connectivity index (χ1) is 6.56. The van der Waals surface area contributed by atoms with Gasteiger partial charge in [0.15, 0.2) is 0 Å². The summed E-state index contributed by atoms with van der Waals surface area (Å²) >= 11 is 0. The highest BCUT2D eigenvalue weighted by molar-refractivity contribution is 4.91. The van der Waals surface area contributed by atoms with Gasteiger partial charge < -0.3 is 0 Å². The Labute approximate surface area is 90.8 Å². The van der Waals surface area contributed by atoms with Gasteiger partial charge in [-0.25, -0.2) is 0 Å². The molecule has 0 amide bonds. The average molecular weight is 196 g/mol. The molecule has 0 unspecified atom stereocenters. The molecule has 0 saturated carbocycles. The number of unbranched alkanes of at least 4 members (excludes halogenated alkanes) is 6. The van der Waals surface area contributed by atoms with Crippen LogP contribution < -0.4 is 0 Å². The summed E-state index contributed by atoms with van der Waals surface area (Å²) in [5.74, 6) is 0. The largest absolute Gasteiger partial charge is 0.0880 e. The molecule has 0 heteroatoms. The van der Waals surface area contributed by atoms with Crippen LogP contribution in [0.5, 0.6) is 0 Å². The fourth-order valence-corrected chi connectivity index (χ4v) is 1.48. The fraction of sp³-hybridized carbons (Fsp3) is 0.857. The summed E-state index contributed by atoms with van der Waals surface area (Å²) in [5.41, 5.74) is 0.363. The molecule has 0 spiro atoms. The van der Waals surface area contributed by atoms with Crippen molar-refractivity contribution in [3.8, 4) is 0 Å². The zero-order valence-corrected chi connectivity index (χ0v) is 10.6. The molecule has 0 fully saturated rings. The Morgan fingerprint density at radius 3 is 2.00 bits per heavy atom. The molecule has 0 radical (unpaired) electrons. The van der Waals surface area contributed by atoms with Crippen LogP contribution in [0.4, 0.5) is 0 Å². The standard InChI is InChI=1S/C14H28/c1-5-6-7-8-9-10-11-12-13-14(2,3)4/h12-13H,5-11H2,1-4H3/b13-12+. The maximum atomic E-state index is 2.35. The minimum atomic E-state index is 0.363. The summed E-state index contributed by atoms with van der Waals surface area (Å²) in [7, 11) is 0. The molecule has 14 heavy (non-hydrogen) atoms. The number of allylic oxidation sites excluding steroid dienone is 2. The van der Waals surface area contributed by atoms with Crippen molar-refractivity contribution in [2.75, 3.05) is 0 Å². The van der Waals surface area contributed by atoms with E-state index in [0.29, 0.717) is 5.41 Å². The Balaban J connectivity index is 3.17. The number of rotatable bonds is 7. The van der Waals surface area contributed by atoms with Gasteiger partial charge in [0.1, 0.15) is 0 Å². The second-order valence-electron chi connectivity index (χ2n) is 5.32. The van der Waals surface area contributed by atoms with Crippen LogP contribution in [0.3, 0.4) is 0 Å². The summed E-state index contributed by atoms with van der Waals surface area (Å²) in [4.78, 5) is 0. The maximum Gasteiger partial charge on any atom is -0.0203 e. The van der Waals surface area contributed by atoms with Crippen LogP contribution in [-0.4, -0.2) is 0 Å². The van der Waals surface area contributed by atoms with Crippen LogP contribution in [0.25, 0.3) is 0 Å². The van der Waals surface area contributed by atoms with Crippen molar-refractivity contribution in [3.63, 3.8) is 0 Å². The normalized spacial score (nSPS) is 12.6. The molecule has 0 aromatic carbocycles. The molecule has 0 bridgehead atoms. The van der Waals surface area contributed by atoms with Crippen LogP contribution >= 0.6 is 0 Å². The van der Waals surface area contributed by atoms with E-state index < -0.39 is 0 Å². The van der Waals surface area contributed by atoms with E-state index in [4.69, 9.17) is 0 Å². The fourth-order valence-electron chi connectivity index (χ4n) is 1.48. The molecule has 0 aliphatic carbocycles. The van der Waals surface area contributed by atoms with E-state index in [1.54, 1.807) is 0 Å². The van der Waals surface area contributed by atoms with E-state index in [1.165, 1.54) is 44.9 Å². The predicted octanol–water partition coefficient (Wildman–Crippen LogP) is 5.34. The molecule has 0 rings (SSSR count). The zero-order chi connectivity index (χ0) is 10.9. The van der Waals surface area contributed by atoms with Gasteiger partial charge in [0.05, 0.1) is 0 Å². The van der Waals surface area contributed by atoms with Crippen LogP contribution in [-0.2, 0) is 0 Å². The zero-order valence-electron chi connectivity index (χ0n) is 10.6. The molecule has 0 aliphatic rings. The third kappa shape index (κ3) is 11.7. The van der Waals surface area contributed by atoms with Crippen LogP contribution in [0.2, 0.25) is 0 Å². The Bertz CT molecular complexity index is 137. The first-order valence-electron chi connectivity index (χ1n) is 6.24. The molecule has 0 N–H and O–H groups in total. The van der Waals surface area contributed by atoms with E-state index in [9.17, 15) is 0 Å². The van der Waals surface area contributed by atoms with Crippen LogP contribution in [0.1, 0.15) is 72.6 Å². The monoisotopic (exact) mass is 196 g/mol. The SMILES string of the molecule is CCCCCCCC/C=C/C(C)(C)C. The molecule has 0 aromatic rings. The topological polar surface area (TPSA) is 0 Å². The van der Waals surface area contributed by atoms with Crippen molar-refractivity contribution in [1.82, 2.24) is 0 Å². The highest BCUT2D eigenvalue weighted by atomic mass is 14.1. The Kier molecular flexibility index (Phi) is 7.93. The average Bonchev–Trinajstić information content (AvgIpc) is 2.08. The Hall–Kier alpha value is -0.260. The van der Waals surface area contributed by atoms with Crippen molar-refractivity contribution in [2.45, 2.75) is 72.6 Å². The lowest BCUT2D eigenvalue weighted by Gasteiger charge is -2.10. The lowest BCUT2D eigenvalue weighted by Crippen LogP contribution is -1.97. The van der Waals surface area contributed by atoms with Gasteiger partial charge in [-0.05, 0) is 18.3 Å². The van der Waals surface area contributed by atoms with Crippen molar-refractivity contribution >= 4 is 0 Å². The summed E-state index contributed by atoms with van der Waals surface area (Å²) in [5, 5.41) is 0. The predicted molar refractivity (Wildman–Crippen MR) is 66.6 cm³/mol. The third-order valence-corrected chi connectivity index (χ3v) is 2.34. The maximum absolute atomic E-state index is 2.35. The summed E-state index contributed by atoms with van der Waals surface area (Å²) < 4.78 is 0. The van der Waals surface area contributed by atoms with Gasteiger partial charge in [0, 0.05) is 0 Å². The highest BCUT2D eigenvalue weighted by Crippen LogP contribution is 2.15. The second-order valence-corrected chi connectivity index (χ2v) is 5.32. The van der Waals surface area contributed by atoms with E-state index in [2.05, 4.69) is 39.8 Å². The minimum absolute atomic E-state index is 0.363. The van der Waals surface area contributed by atoms with Crippen molar-refractivity contribution in [1.29, 1.82) is 0 Å². The first kappa shape index (κ1) is 13.7. The molecule has 0 atom stereocenters. The third-order valence-electron chi connectivity index (χ3n) is 2.34. The summed E-state index contributed by atoms with van der Waals surface area (Å²) in [6.07, 6.45) is 14.4. The molecule has 0 aliphatic heterocycles. The van der Waals surface area contributed by atoms with Gasteiger partial charge in [0.2, 0.25) is 0 Å². The van der Waals surface area contributed by atoms with Gasteiger partial charge in [-0.15, -0.1) is 0 Å². The molecular formula is C14H28. The van der Waals surface area contributed by atoms with Crippen LogP contribution in [0, 0.1) is 5.41 Å². The second kappa shape index (κ2) is 8.08. The van der Waals surface area contributed by atoms with Gasteiger partial charge in [0.25, 0.3) is 0 Å². The molecule has 0 nitrogen and oxygen atoms in total. The lowest BCUT2D eigenvalue weighted by molar-refractivity contribution is 0.540. The lowest BCUT2D eigenvalue weighted by atomic mass is 9.95. The van der Waals surface area contributed by atoms with Crippen molar-refractivity contribution < 1.29 is 0 Å². The molecule has 84 valence electrons. The van der Waals surface area contributed by atoms with E-state index in [0.717, 1.165) is 0 Å². The molecular weight excluding hydrogens is 168 g/mol. The van der Waals surface area contributed by atoms with Gasteiger partial charge in [-0.3, -0.25) is 0 Å². The van der Waals surface area contributed by atoms with E-state index in [1.807, 2.05) is 0 Å². The van der Waals surface area contributed by atoms with Crippen molar-refractivity contribution in [3.05, 3.63) is 12.2 Å².